The van der Waals surface area contributed by atoms with E-state index in [-0.39, 0.29) is 5.91 Å². The highest BCUT2D eigenvalue weighted by atomic mass is 16.1. The number of hydrogen-bond acceptors (Lipinski definition) is 3. The number of hydrogen-bond donors (Lipinski definition) is 2. The molecule has 0 atom stereocenters. The van der Waals surface area contributed by atoms with E-state index >= 15 is 0 Å². The minimum Gasteiger partial charge on any atom is -0.397 e. The molecule has 3 N–H and O–H groups in total. The third kappa shape index (κ3) is 5.90. The van der Waals surface area contributed by atoms with Crippen molar-refractivity contribution in [3.05, 3.63) is 24.0 Å². The summed E-state index contributed by atoms with van der Waals surface area (Å²) in [7, 11) is 0. The molecule has 4 nitrogen and oxygen atoms in total. The average molecular weight is 235 g/mol. The monoisotopic (exact) mass is 235 g/mol. The first-order valence-electron chi connectivity index (χ1n) is 6.19. The molecule has 94 valence electrons. The van der Waals surface area contributed by atoms with Gasteiger partial charge in [0.25, 0.3) is 0 Å². The van der Waals surface area contributed by atoms with Crippen molar-refractivity contribution in [3.63, 3.8) is 0 Å². The van der Waals surface area contributed by atoms with Crippen molar-refractivity contribution in [3.8, 4) is 0 Å². The van der Waals surface area contributed by atoms with Gasteiger partial charge in [-0.2, -0.15) is 0 Å². The summed E-state index contributed by atoms with van der Waals surface area (Å²) in [6, 6.07) is 3.54. The number of anilines is 1. The lowest BCUT2D eigenvalue weighted by atomic mass is 10.2. The van der Waals surface area contributed by atoms with Crippen LogP contribution in [0.4, 0.5) is 5.69 Å². The molecule has 0 aliphatic rings. The Kier molecular flexibility index (Phi) is 6.07. The highest BCUT2D eigenvalue weighted by Crippen LogP contribution is 2.02. The Hall–Kier alpha value is -1.58. The van der Waals surface area contributed by atoms with Gasteiger partial charge in [-0.1, -0.05) is 26.2 Å². The fourth-order valence-electron chi connectivity index (χ4n) is 1.55. The van der Waals surface area contributed by atoms with E-state index in [0.717, 1.165) is 18.7 Å². The van der Waals surface area contributed by atoms with Crippen LogP contribution in [0.25, 0.3) is 0 Å². The molecule has 0 unspecified atom stereocenters. The Balaban J connectivity index is 2.18. The van der Waals surface area contributed by atoms with Crippen molar-refractivity contribution in [1.29, 1.82) is 0 Å². The van der Waals surface area contributed by atoms with Crippen molar-refractivity contribution in [2.24, 2.45) is 0 Å². The second-order valence-corrected chi connectivity index (χ2v) is 4.17. The third-order valence-electron chi connectivity index (χ3n) is 2.54. The van der Waals surface area contributed by atoms with Gasteiger partial charge in [0, 0.05) is 12.2 Å². The first-order chi connectivity index (χ1) is 8.22. The Bertz CT molecular complexity index is 335. The van der Waals surface area contributed by atoms with Gasteiger partial charge in [-0.25, -0.2) is 0 Å². The Morgan fingerprint density at radius 2 is 2.18 bits per heavy atom. The second kappa shape index (κ2) is 7.65. The number of nitrogens with two attached hydrogens (primary N) is 1. The normalized spacial score (nSPS) is 10.2. The maximum Gasteiger partial charge on any atom is 0.226 e. The van der Waals surface area contributed by atoms with Crippen LogP contribution in [0.1, 0.15) is 38.3 Å². The van der Waals surface area contributed by atoms with E-state index in [9.17, 15) is 4.79 Å². The highest BCUT2D eigenvalue weighted by Gasteiger charge is 2.03. The number of nitrogens with one attached hydrogen (secondary N) is 1. The molecular formula is C13H21N3O. The van der Waals surface area contributed by atoms with E-state index in [1.165, 1.54) is 19.3 Å². The molecule has 17 heavy (non-hydrogen) atoms. The van der Waals surface area contributed by atoms with E-state index in [1.54, 1.807) is 18.3 Å². The molecule has 0 saturated heterocycles. The summed E-state index contributed by atoms with van der Waals surface area (Å²) in [6.07, 6.45) is 6.57. The van der Waals surface area contributed by atoms with Crippen LogP contribution < -0.4 is 11.1 Å². The standard InChI is InChI=1S/C13H21N3O/c1-2-3-4-5-8-15-13(17)9-12-7-6-11(14)10-16-12/h6-7,10H,2-5,8-9,14H2,1H3,(H,15,17). The molecule has 0 radical (unpaired) electrons. The average Bonchev–Trinajstić information content (AvgIpc) is 2.32. The van der Waals surface area contributed by atoms with Crippen LogP contribution in [-0.4, -0.2) is 17.4 Å². The van der Waals surface area contributed by atoms with Crippen molar-refractivity contribution >= 4 is 11.6 Å². The minimum absolute atomic E-state index is 0.0266. The van der Waals surface area contributed by atoms with E-state index < -0.39 is 0 Å². The van der Waals surface area contributed by atoms with Gasteiger partial charge < -0.3 is 11.1 Å². The van der Waals surface area contributed by atoms with E-state index in [2.05, 4.69) is 17.2 Å². The molecule has 1 heterocycles. The summed E-state index contributed by atoms with van der Waals surface area (Å²) in [5, 5.41) is 2.89. The number of amides is 1. The predicted octanol–water partition coefficient (Wildman–Crippen LogP) is 1.90. The minimum atomic E-state index is 0.0266. The van der Waals surface area contributed by atoms with Gasteiger partial charge in [0.1, 0.15) is 0 Å². The molecule has 1 aromatic heterocycles. The van der Waals surface area contributed by atoms with Gasteiger partial charge in [-0.05, 0) is 18.6 Å². The van der Waals surface area contributed by atoms with Crippen molar-refractivity contribution in [2.75, 3.05) is 12.3 Å². The number of pyridine rings is 1. The second-order valence-electron chi connectivity index (χ2n) is 4.17. The van der Waals surface area contributed by atoms with Crippen LogP contribution in [0.15, 0.2) is 18.3 Å². The molecule has 0 aliphatic carbocycles. The van der Waals surface area contributed by atoms with Crippen LogP contribution in [0.5, 0.6) is 0 Å². The Morgan fingerprint density at radius 1 is 1.35 bits per heavy atom. The Morgan fingerprint density at radius 3 is 2.82 bits per heavy atom. The van der Waals surface area contributed by atoms with E-state index in [1.807, 2.05) is 0 Å². The summed E-state index contributed by atoms with van der Waals surface area (Å²) in [5.74, 6) is 0.0266. The number of nitrogen functional groups attached to an aromatic ring is 1. The molecule has 1 amide bonds. The lowest BCUT2D eigenvalue weighted by Gasteiger charge is -2.04. The third-order valence-corrected chi connectivity index (χ3v) is 2.54. The smallest absolute Gasteiger partial charge is 0.226 e. The first-order valence-corrected chi connectivity index (χ1v) is 6.19. The molecular weight excluding hydrogens is 214 g/mol. The number of carbonyl (C=O) groups excluding carboxylic acids is 1. The summed E-state index contributed by atoms with van der Waals surface area (Å²) in [6.45, 7) is 2.93. The number of rotatable bonds is 7. The van der Waals surface area contributed by atoms with E-state index in [0.29, 0.717) is 12.1 Å². The SMILES string of the molecule is CCCCCCNC(=O)Cc1ccc(N)cn1. The zero-order valence-electron chi connectivity index (χ0n) is 10.4. The highest BCUT2D eigenvalue weighted by molar-refractivity contribution is 5.78. The van der Waals surface area contributed by atoms with Crippen LogP contribution in [0.2, 0.25) is 0 Å². The zero-order valence-corrected chi connectivity index (χ0v) is 10.4. The summed E-state index contributed by atoms with van der Waals surface area (Å²) in [4.78, 5) is 15.6. The topological polar surface area (TPSA) is 68.0 Å². The summed E-state index contributed by atoms with van der Waals surface area (Å²) >= 11 is 0. The lowest BCUT2D eigenvalue weighted by molar-refractivity contribution is -0.120. The molecule has 1 rings (SSSR count). The molecule has 0 spiro atoms. The van der Waals surface area contributed by atoms with Gasteiger partial charge in [-0.15, -0.1) is 0 Å². The maximum atomic E-state index is 11.5. The zero-order chi connectivity index (χ0) is 12.5. The van der Waals surface area contributed by atoms with Gasteiger partial charge in [0.2, 0.25) is 5.91 Å². The van der Waals surface area contributed by atoms with Gasteiger partial charge in [0.05, 0.1) is 18.3 Å². The van der Waals surface area contributed by atoms with Crippen molar-refractivity contribution in [1.82, 2.24) is 10.3 Å². The molecule has 4 heteroatoms. The van der Waals surface area contributed by atoms with Gasteiger partial charge in [-0.3, -0.25) is 9.78 Å². The quantitative estimate of drug-likeness (QED) is 0.709. The largest absolute Gasteiger partial charge is 0.397 e. The van der Waals surface area contributed by atoms with Crippen LogP contribution in [0.3, 0.4) is 0 Å². The fourth-order valence-corrected chi connectivity index (χ4v) is 1.55. The lowest BCUT2D eigenvalue weighted by Crippen LogP contribution is -2.26. The molecule has 0 saturated carbocycles. The number of nitrogens with zero attached hydrogens (tertiary/aromatic N) is 1. The maximum absolute atomic E-state index is 11.5. The number of carbonyl (C=O) groups is 1. The fraction of sp³-hybridized carbons (Fsp3) is 0.538. The molecule has 0 aromatic carbocycles. The summed E-state index contributed by atoms with van der Waals surface area (Å²) < 4.78 is 0. The molecule has 0 aliphatic heterocycles. The van der Waals surface area contributed by atoms with Crippen LogP contribution in [0, 0.1) is 0 Å². The summed E-state index contributed by atoms with van der Waals surface area (Å²) in [5.41, 5.74) is 6.90. The van der Waals surface area contributed by atoms with Crippen molar-refractivity contribution < 1.29 is 4.79 Å². The predicted molar refractivity (Wildman–Crippen MR) is 69.5 cm³/mol. The van der Waals surface area contributed by atoms with Gasteiger partial charge in [0.15, 0.2) is 0 Å². The van der Waals surface area contributed by atoms with Crippen LogP contribution >= 0.6 is 0 Å². The van der Waals surface area contributed by atoms with Crippen molar-refractivity contribution in [2.45, 2.75) is 39.0 Å². The van der Waals surface area contributed by atoms with E-state index in [4.69, 9.17) is 5.73 Å². The number of unbranched alkanes of at least 4 members (excludes halogenated alkanes) is 3. The van der Waals surface area contributed by atoms with Crippen LogP contribution in [-0.2, 0) is 11.2 Å². The molecule has 1 aromatic rings. The first kappa shape index (κ1) is 13.5. The molecule has 0 fully saturated rings. The van der Waals surface area contributed by atoms with Gasteiger partial charge >= 0.3 is 0 Å². The number of aromatic nitrogens is 1. The molecule has 0 bridgehead atoms. The Labute approximate surface area is 103 Å².